The molecule has 0 fully saturated rings. The highest BCUT2D eigenvalue weighted by Crippen LogP contribution is 2.13. The second kappa shape index (κ2) is 4.09. The van der Waals surface area contributed by atoms with Gasteiger partial charge in [-0.1, -0.05) is 0 Å². The number of nitriles is 4. The summed E-state index contributed by atoms with van der Waals surface area (Å²) in [6, 6.07) is 7.09. The van der Waals surface area contributed by atoms with Crippen LogP contribution in [-0.2, 0) is 0 Å². The van der Waals surface area contributed by atoms with Crippen LogP contribution >= 0.6 is 0 Å². The maximum absolute atomic E-state index is 8.94. The van der Waals surface area contributed by atoms with E-state index in [4.69, 9.17) is 21.0 Å². The standard InChI is InChI=1S/C10H2N8/c11-1-6-7(2-12)17-10(16-6)18-5-15-8(3-13)9(18)4-14/h5H,(H,16,17). The highest BCUT2D eigenvalue weighted by atomic mass is 15.2. The number of H-pyrrole nitrogens is 1. The van der Waals surface area contributed by atoms with Gasteiger partial charge in [-0.25, -0.2) is 4.98 Å². The fourth-order valence-corrected chi connectivity index (χ4v) is 1.33. The minimum Gasteiger partial charge on any atom is -0.314 e. The summed E-state index contributed by atoms with van der Waals surface area (Å²) >= 11 is 0. The van der Waals surface area contributed by atoms with Crippen molar-refractivity contribution in [2.75, 3.05) is 0 Å². The molecule has 0 saturated heterocycles. The molecule has 0 radical (unpaired) electrons. The zero-order valence-electron chi connectivity index (χ0n) is 8.71. The molecule has 8 nitrogen and oxygen atoms in total. The molecule has 0 aliphatic heterocycles. The third kappa shape index (κ3) is 1.44. The summed E-state index contributed by atoms with van der Waals surface area (Å²) in [6.45, 7) is 0. The summed E-state index contributed by atoms with van der Waals surface area (Å²) in [4.78, 5) is 10.2. The van der Waals surface area contributed by atoms with Crippen molar-refractivity contribution in [2.45, 2.75) is 0 Å². The molecular formula is C10H2N8. The van der Waals surface area contributed by atoms with Gasteiger partial charge in [0.1, 0.15) is 30.6 Å². The van der Waals surface area contributed by atoms with Crippen LogP contribution in [0.15, 0.2) is 6.33 Å². The maximum atomic E-state index is 8.94. The van der Waals surface area contributed by atoms with Gasteiger partial charge in [0.25, 0.3) is 0 Å². The molecule has 0 unspecified atom stereocenters. The van der Waals surface area contributed by atoms with Gasteiger partial charge in [-0.05, 0) is 0 Å². The second-order valence-corrected chi connectivity index (χ2v) is 3.04. The molecule has 0 spiro atoms. The Balaban J connectivity index is 2.66. The van der Waals surface area contributed by atoms with E-state index in [1.165, 1.54) is 10.9 Å². The van der Waals surface area contributed by atoms with Crippen molar-refractivity contribution in [1.82, 2.24) is 19.5 Å². The van der Waals surface area contributed by atoms with Gasteiger partial charge < -0.3 is 4.98 Å². The molecule has 2 heterocycles. The summed E-state index contributed by atoms with van der Waals surface area (Å²) in [5.74, 6) is 0.0913. The molecule has 2 aromatic rings. The number of hydrogen-bond acceptors (Lipinski definition) is 6. The lowest BCUT2D eigenvalue weighted by Gasteiger charge is -1.96. The van der Waals surface area contributed by atoms with Gasteiger partial charge in [-0.2, -0.15) is 26.0 Å². The fraction of sp³-hybridized carbons (Fsp3) is 0. The van der Waals surface area contributed by atoms with E-state index in [2.05, 4.69) is 15.0 Å². The molecule has 0 aromatic carbocycles. The predicted molar refractivity (Wildman–Crippen MR) is 54.6 cm³/mol. The number of nitrogens with zero attached hydrogens (tertiary/aromatic N) is 7. The van der Waals surface area contributed by atoms with Crippen LogP contribution in [0.3, 0.4) is 0 Å². The van der Waals surface area contributed by atoms with Crippen LogP contribution in [0.25, 0.3) is 5.95 Å². The molecule has 8 heteroatoms. The van der Waals surface area contributed by atoms with Crippen LogP contribution in [0, 0.1) is 45.3 Å². The van der Waals surface area contributed by atoms with E-state index in [0.29, 0.717) is 0 Å². The fourth-order valence-electron chi connectivity index (χ4n) is 1.33. The summed E-state index contributed by atoms with van der Waals surface area (Å²) in [6.07, 6.45) is 1.22. The normalized spacial score (nSPS) is 8.89. The summed E-state index contributed by atoms with van der Waals surface area (Å²) < 4.78 is 1.21. The zero-order valence-corrected chi connectivity index (χ0v) is 8.71. The Labute approximate surface area is 101 Å². The van der Waals surface area contributed by atoms with Gasteiger partial charge in [0.2, 0.25) is 5.95 Å². The molecule has 2 aromatic heterocycles. The first kappa shape index (κ1) is 10.9. The SMILES string of the molecule is N#Cc1nc(-n2cnc(C#N)c2C#N)[nH]c1C#N. The average molecular weight is 234 g/mol. The molecule has 0 amide bonds. The van der Waals surface area contributed by atoms with Crippen molar-refractivity contribution in [3.05, 3.63) is 29.1 Å². The number of nitrogens with one attached hydrogen (secondary N) is 1. The van der Waals surface area contributed by atoms with Crippen LogP contribution in [0.4, 0.5) is 0 Å². The molecule has 82 valence electrons. The lowest BCUT2D eigenvalue weighted by atomic mass is 10.3. The van der Waals surface area contributed by atoms with Crippen molar-refractivity contribution in [3.8, 4) is 30.2 Å². The van der Waals surface area contributed by atoms with Crippen molar-refractivity contribution >= 4 is 0 Å². The van der Waals surface area contributed by atoms with Gasteiger partial charge in [0.15, 0.2) is 22.8 Å². The Morgan fingerprint density at radius 1 is 1.00 bits per heavy atom. The van der Waals surface area contributed by atoms with Crippen LogP contribution in [0.1, 0.15) is 22.8 Å². The van der Waals surface area contributed by atoms with Crippen LogP contribution in [0.5, 0.6) is 0 Å². The lowest BCUT2D eigenvalue weighted by Crippen LogP contribution is -1.99. The van der Waals surface area contributed by atoms with Crippen molar-refractivity contribution in [3.63, 3.8) is 0 Å². The van der Waals surface area contributed by atoms with E-state index < -0.39 is 0 Å². The largest absolute Gasteiger partial charge is 0.314 e. The lowest BCUT2D eigenvalue weighted by molar-refractivity contribution is 0.942. The quantitative estimate of drug-likeness (QED) is 0.740. The maximum Gasteiger partial charge on any atom is 0.215 e. The highest BCUT2D eigenvalue weighted by Gasteiger charge is 2.16. The smallest absolute Gasteiger partial charge is 0.215 e. The Hall–Kier alpha value is -3.62. The van der Waals surface area contributed by atoms with E-state index in [-0.39, 0.29) is 28.7 Å². The van der Waals surface area contributed by atoms with Crippen molar-refractivity contribution in [2.24, 2.45) is 0 Å². The van der Waals surface area contributed by atoms with E-state index in [0.717, 1.165) is 0 Å². The summed E-state index contributed by atoms with van der Waals surface area (Å²) in [5.41, 5.74) is -0.154. The zero-order chi connectivity index (χ0) is 13.1. The Morgan fingerprint density at radius 2 is 1.72 bits per heavy atom. The van der Waals surface area contributed by atoms with E-state index in [1.54, 1.807) is 18.2 Å². The van der Waals surface area contributed by atoms with Gasteiger partial charge in [-0.3, -0.25) is 4.57 Å². The second-order valence-electron chi connectivity index (χ2n) is 3.04. The van der Waals surface area contributed by atoms with Crippen LogP contribution in [-0.4, -0.2) is 19.5 Å². The van der Waals surface area contributed by atoms with E-state index in [9.17, 15) is 0 Å². The molecule has 0 bridgehead atoms. The summed E-state index contributed by atoms with van der Waals surface area (Å²) in [7, 11) is 0. The Morgan fingerprint density at radius 3 is 2.22 bits per heavy atom. The first-order chi connectivity index (χ1) is 8.74. The van der Waals surface area contributed by atoms with Crippen molar-refractivity contribution < 1.29 is 0 Å². The number of imidazole rings is 2. The predicted octanol–water partition coefficient (Wildman–Crippen LogP) is 0.0821. The number of aromatic amines is 1. The molecule has 0 saturated carbocycles. The van der Waals surface area contributed by atoms with Gasteiger partial charge in [-0.15, -0.1) is 0 Å². The molecule has 0 atom stereocenters. The minimum absolute atomic E-state index is 0.0106. The molecule has 1 N–H and O–H groups in total. The minimum atomic E-state index is -0.0800. The first-order valence-corrected chi connectivity index (χ1v) is 4.53. The Kier molecular flexibility index (Phi) is 2.48. The van der Waals surface area contributed by atoms with Gasteiger partial charge in [0, 0.05) is 0 Å². The van der Waals surface area contributed by atoms with E-state index >= 15 is 0 Å². The van der Waals surface area contributed by atoms with Crippen LogP contribution < -0.4 is 0 Å². The molecule has 2 rings (SSSR count). The highest BCUT2D eigenvalue weighted by molar-refractivity contribution is 5.44. The molecule has 0 aliphatic carbocycles. The topological polar surface area (TPSA) is 142 Å². The van der Waals surface area contributed by atoms with Crippen molar-refractivity contribution in [1.29, 1.82) is 21.0 Å². The number of hydrogen-bond donors (Lipinski definition) is 1. The Bertz CT molecular complexity index is 748. The molecule has 18 heavy (non-hydrogen) atoms. The third-order valence-electron chi connectivity index (χ3n) is 2.12. The van der Waals surface area contributed by atoms with Crippen LogP contribution in [0.2, 0.25) is 0 Å². The molecule has 0 aliphatic rings. The number of rotatable bonds is 1. The monoisotopic (exact) mass is 234 g/mol. The average Bonchev–Trinajstić information content (AvgIpc) is 3.00. The third-order valence-corrected chi connectivity index (χ3v) is 2.12. The van der Waals surface area contributed by atoms with E-state index in [1.807, 2.05) is 6.07 Å². The van der Waals surface area contributed by atoms with Gasteiger partial charge >= 0.3 is 0 Å². The van der Waals surface area contributed by atoms with Gasteiger partial charge in [0.05, 0.1) is 0 Å². The molecular weight excluding hydrogens is 232 g/mol. The first-order valence-electron chi connectivity index (χ1n) is 4.53. The number of aromatic nitrogens is 4. The summed E-state index contributed by atoms with van der Waals surface area (Å²) in [5, 5.41) is 35.2.